The van der Waals surface area contributed by atoms with Crippen LogP contribution in [0, 0.1) is 0 Å². The van der Waals surface area contributed by atoms with Crippen molar-refractivity contribution >= 4 is 33.9 Å². The average Bonchev–Trinajstić information content (AvgIpc) is 2.67. The number of rotatable bonds is 7. The molecule has 0 radical (unpaired) electrons. The molecule has 0 aromatic heterocycles. The SMILES string of the molecule is COCC1CC=C(Br)CN1CC(NC(=O)OC(C)(C)C)C(=O)N1CCCC(C(=O)O)N1. The number of carboxylic acid groups (broad SMARTS) is 1. The summed E-state index contributed by atoms with van der Waals surface area (Å²) in [6, 6.07) is -1.72. The van der Waals surface area contributed by atoms with Crippen molar-refractivity contribution in [1.29, 1.82) is 0 Å². The number of aliphatic carboxylic acids is 1. The zero-order valence-electron chi connectivity index (χ0n) is 18.5. The molecule has 0 aromatic rings. The summed E-state index contributed by atoms with van der Waals surface area (Å²) in [5, 5.41) is 13.3. The Kier molecular flexibility index (Phi) is 9.28. The molecule has 1 fully saturated rings. The number of amides is 2. The topological polar surface area (TPSA) is 120 Å². The van der Waals surface area contributed by atoms with E-state index in [2.05, 4.69) is 37.6 Å². The quantitative estimate of drug-likeness (QED) is 0.476. The largest absolute Gasteiger partial charge is 0.480 e. The molecule has 0 bridgehead atoms. The highest BCUT2D eigenvalue weighted by Gasteiger charge is 2.35. The first-order valence-corrected chi connectivity index (χ1v) is 11.2. The molecule has 2 amide bonds. The Hall–Kier alpha value is -1.69. The van der Waals surface area contributed by atoms with Crippen molar-refractivity contribution in [2.75, 3.05) is 33.4 Å². The second-order valence-corrected chi connectivity index (χ2v) is 9.79. The fourth-order valence-corrected chi connectivity index (χ4v) is 4.07. The van der Waals surface area contributed by atoms with Crippen LogP contribution in [0.2, 0.25) is 0 Å². The highest BCUT2D eigenvalue weighted by Crippen LogP contribution is 2.21. The number of nitrogens with zero attached hydrogens (tertiary/aromatic N) is 2. The lowest BCUT2D eigenvalue weighted by Crippen LogP contribution is -2.62. The molecule has 2 heterocycles. The summed E-state index contributed by atoms with van der Waals surface area (Å²) in [7, 11) is 1.62. The highest BCUT2D eigenvalue weighted by atomic mass is 79.9. The number of alkyl carbamates (subject to hydrolysis) is 1. The number of carbonyl (C=O) groups is 3. The van der Waals surface area contributed by atoms with Crippen molar-refractivity contribution in [1.82, 2.24) is 20.7 Å². The number of nitrogens with one attached hydrogen (secondary N) is 2. The summed E-state index contributed by atoms with van der Waals surface area (Å²) >= 11 is 3.52. The first kappa shape index (κ1) is 25.6. The maximum atomic E-state index is 13.3. The van der Waals surface area contributed by atoms with Gasteiger partial charge < -0.3 is 19.9 Å². The Labute approximate surface area is 191 Å². The van der Waals surface area contributed by atoms with E-state index in [1.807, 2.05) is 0 Å². The van der Waals surface area contributed by atoms with Crippen molar-refractivity contribution < 1.29 is 29.0 Å². The van der Waals surface area contributed by atoms with E-state index < -0.39 is 35.7 Å². The third-order valence-corrected chi connectivity index (χ3v) is 5.57. The molecule has 3 unspecified atom stereocenters. The van der Waals surface area contributed by atoms with Gasteiger partial charge in [-0.2, -0.15) is 0 Å². The summed E-state index contributed by atoms with van der Waals surface area (Å²) in [4.78, 5) is 39.2. The first-order chi connectivity index (χ1) is 14.5. The molecule has 11 heteroatoms. The number of hydrazine groups is 1. The van der Waals surface area contributed by atoms with Gasteiger partial charge in [0, 0.05) is 37.3 Å². The fraction of sp³-hybridized carbons (Fsp3) is 0.750. The molecule has 0 saturated carbocycles. The Morgan fingerprint density at radius 1 is 1.39 bits per heavy atom. The zero-order valence-corrected chi connectivity index (χ0v) is 20.1. The molecule has 3 atom stereocenters. The lowest BCUT2D eigenvalue weighted by atomic mass is 10.1. The maximum Gasteiger partial charge on any atom is 0.408 e. The van der Waals surface area contributed by atoms with Crippen molar-refractivity contribution in [3.8, 4) is 0 Å². The molecular formula is C20H33BrN4O6. The normalized spacial score (nSPS) is 23.6. The Balaban J connectivity index is 2.18. The van der Waals surface area contributed by atoms with Crippen LogP contribution >= 0.6 is 15.9 Å². The van der Waals surface area contributed by atoms with E-state index in [1.54, 1.807) is 27.9 Å². The van der Waals surface area contributed by atoms with Gasteiger partial charge in [-0.1, -0.05) is 22.0 Å². The van der Waals surface area contributed by atoms with Gasteiger partial charge in [-0.15, -0.1) is 0 Å². The second kappa shape index (κ2) is 11.3. The van der Waals surface area contributed by atoms with Crippen LogP contribution in [0.4, 0.5) is 4.79 Å². The lowest BCUT2D eigenvalue weighted by molar-refractivity contribution is -0.148. The van der Waals surface area contributed by atoms with Crippen LogP contribution in [-0.4, -0.2) is 90.1 Å². The summed E-state index contributed by atoms with van der Waals surface area (Å²) < 4.78 is 11.7. The van der Waals surface area contributed by atoms with E-state index in [0.717, 1.165) is 10.9 Å². The minimum absolute atomic E-state index is 0.0446. The molecule has 2 aliphatic rings. The molecule has 2 aliphatic heterocycles. The number of carboxylic acids is 1. The standard InChI is InChI=1S/C20H33BrN4O6/c1-20(2,3)31-19(29)22-16(11-24-10-13(21)7-8-14(24)12-30-4)17(26)25-9-5-6-15(23-25)18(27)28/h7,14-16,23H,5-6,8-12H2,1-4H3,(H,22,29)(H,27,28). The number of methoxy groups -OCH3 is 1. The molecule has 1 saturated heterocycles. The molecule has 0 aliphatic carbocycles. The second-order valence-electron chi connectivity index (χ2n) is 8.78. The lowest BCUT2D eigenvalue weighted by Gasteiger charge is -2.39. The molecule has 0 spiro atoms. The minimum Gasteiger partial charge on any atom is -0.480 e. The summed E-state index contributed by atoms with van der Waals surface area (Å²) in [5.41, 5.74) is 2.05. The third-order valence-electron chi connectivity index (χ3n) is 5.00. The summed E-state index contributed by atoms with van der Waals surface area (Å²) in [6.45, 7) is 6.87. The average molecular weight is 505 g/mol. The predicted octanol–water partition coefficient (Wildman–Crippen LogP) is 1.46. The molecule has 3 N–H and O–H groups in total. The van der Waals surface area contributed by atoms with Crippen LogP contribution in [0.15, 0.2) is 10.6 Å². The van der Waals surface area contributed by atoms with Gasteiger partial charge in [-0.25, -0.2) is 10.2 Å². The maximum absolute atomic E-state index is 13.3. The van der Waals surface area contributed by atoms with Crippen LogP contribution in [0.1, 0.15) is 40.0 Å². The van der Waals surface area contributed by atoms with E-state index in [0.29, 0.717) is 32.5 Å². The minimum atomic E-state index is -1.01. The van der Waals surface area contributed by atoms with Gasteiger partial charge in [0.15, 0.2) is 0 Å². The van der Waals surface area contributed by atoms with Crippen LogP contribution in [0.25, 0.3) is 0 Å². The van der Waals surface area contributed by atoms with Gasteiger partial charge in [0.05, 0.1) is 6.61 Å². The van der Waals surface area contributed by atoms with Crippen LogP contribution in [-0.2, 0) is 19.1 Å². The van der Waals surface area contributed by atoms with Crippen molar-refractivity contribution in [2.24, 2.45) is 0 Å². The molecule has 0 aromatic carbocycles. The van der Waals surface area contributed by atoms with Gasteiger partial charge >= 0.3 is 12.1 Å². The molecule has 2 rings (SSSR count). The van der Waals surface area contributed by atoms with E-state index >= 15 is 0 Å². The van der Waals surface area contributed by atoms with E-state index in [9.17, 15) is 19.5 Å². The molecular weight excluding hydrogens is 472 g/mol. The number of ether oxygens (including phenoxy) is 2. The molecule has 31 heavy (non-hydrogen) atoms. The van der Waals surface area contributed by atoms with E-state index in [1.165, 1.54) is 5.01 Å². The van der Waals surface area contributed by atoms with Crippen molar-refractivity contribution in [2.45, 2.75) is 63.8 Å². The first-order valence-electron chi connectivity index (χ1n) is 10.4. The van der Waals surface area contributed by atoms with Crippen LogP contribution in [0.5, 0.6) is 0 Å². The zero-order chi connectivity index (χ0) is 23.2. The Morgan fingerprint density at radius 3 is 2.71 bits per heavy atom. The highest BCUT2D eigenvalue weighted by molar-refractivity contribution is 9.11. The fourth-order valence-electron chi connectivity index (χ4n) is 3.56. The van der Waals surface area contributed by atoms with E-state index in [-0.39, 0.29) is 12.6 Å². The Bertz CT molecular complexity index is 696. The van der Waals surface area contributed by atoms with Gasteiger partial charge in [0.1, 0.15) is 17.7 Å². The van der Waals surface area contributed by atoms with Gasteiger partial charge in [0.25, 0.3) is 5.91 Å². The molecule has 10 nitrogen and oxygen atoms in total. The van der Waals surface area contributed by atoms with Crippen LogP contribution < -0.4 is 10.7 Å². The van der Waals surface area contributed by atoms with E-state index in [4.69, 9.17) is 9.47 Å². The van der Waals surface area contributed by atoms with Crippen molar-refractivity contribution in [3.63, 3.8) is 0 Å². The molecule has 176 valence electrons. The number of hydrogen-bond donors (Lipinski definition) is 3. The third kappa shape index (κ3) is 8.06. The summed E-state index contributed by atoms with van der Waals surface area (Å²) in [5.74, 6) is -1.42. The number of carbonyl (C=O) groups excluding carboxylic acids is 2. The van der Waals surface area contributed by atoms with Gasteiger partial charge in [-0.05, 0) is 40.0 Å². The Morgan fingerprint density at radius 2 is 2.10 bits per heavy atom. The smallest absolute Gasteiger partial charge is 0.408 e. The summed E-state index contributed by atoms with van der Waals surface area (Å²) in [6.07, 6.45) is 3.10. The van der Waals surface area contributed by atoms with Crippen molar-refractivity contribution in [3.05, 3.63) is 10.6 Å². The van der Waals surface area contributed by atoms with Gasteiger partial charge in [0.2, 0.25) is 0 Å². The van der Waals surface area contributed by atoms with Gasteiger partial charge in [-0.3, -0.25) is 19.5 Å². The van der Waals surface area contributed by atoms with Crippen LogP contribution in [0.3, 0.4) is 0 Å². The number of hydrogen-bond acceptors (Lipinski definition) is 7. The predicted molar refractivity (Wildman–Crippen MR) is 118 cm³/mol. The number of halogens is 1. The monoisotopic (exact) mass is 504 g/mol.